The molecule has 0 saturated heterocycles. The van der Waals surface area contributed by atoms with E-state index in [4.69, 9.17) is 20.3 Å². The summed E-state index contributed by atoms with van der Waals surface area (Å²) in [6.07, 6.45) is 14.5. The van der Waals surface area contributed by atoms with Crippen LogP contribution in [0.1, 0.15) is 67.8 Å². The number of rotatable bonds is 9. The fraction of sp³-hybridized carbons (Fsp3) is 0.467. The average Bonchev–Trinajstić information content (AvgIpc) is 3.35. The number of nitrogens with one attached hydrogen (secondary N) is 2. The molecule has 210 valence electrons. The lowest BCUT2D eigenvalue weighted by Gasteiger charge is -2.22. The molecular weight excluding hydrogens is 508 g/mol. The molecule has 3 saturated carbocycles. The predicted molar refractivity (Wildman–Crippen MR) is 152 cm³/mol. The number of carbonyl (C=O) groups excluding carboxylic acids is 2. The van der Waals surface area contributed by atoms with Crippen LogP contribution in [0.5, 0.6) is 5.75 Å². The number of nitrogens with zero attached hydrogens (tertiary/aromatic N) is 3. The molecule has 2 atom stereocenters. The van der Waals surface area contributed by atoms with Gasteiger partial charge in [-0.25, -0.2) is 4.98 Å². The van der Waals surface area contributed by atoms with Gasteiger partial charge in [-0.2, -0.15) is 5.10 Å². The van der Waals surface area contributed by atoms with Gasteiger partial charge in [0.1, 0.15) is 11.6 Å². The van der Waals surface area contributed by atoms with E-state index in [-0.39, 0.29) is 29.5 Å². The van der Waals surface area contributed by atoms with Crippen LogP contribution in [0.2, 0.25) is 0 Å². The molecule has 3 aliphatic carbocycles. The molecule has 4 N–H and O–H groups in total. The van der Waals surface area contributed by atoms with Crippen LogP contribution in [0.3, 0.4) is 0 Å². The topological polar surface area (TPSA) is 133 Å². The third-order valence-electron chi connectivity index (χ3n) is 8.78. The normalized spacial score (nSPS) is 21.4. The van der Waals surface area contributed by atoms with Gasteiger partial charge in [0.25, 0.3) is 5.91 Å². The summed E-state index contributed by atoms with van der Waals surface area (Å²) in [6, 6.07) is 7.58. The maximum Gasteiger partial charge on any atom is 0.252 e. The summed E-state index contributed by atoms with van der Waals surface area (Å²) in [4.78, 5) is 28.7. The van der Waals surface area contributed by atoms with Crippen molar-refractivity contribution >= 4 is 29.0 Å². The number of anilines is 3. The molecule has 40 heavy (non-hydrogen) atoms. The van der Waals surface area contributed by atoms with Crippen molar-refractivity contribution in [2.75, 3.05) is 24.9 Å². The molecule has 10 nitrogen and oxygen atoms in total. The summed E-state index contributed by atoms with van der Waals surface area (Å²) in [7, 11) is 3.41. The second-order valence-electron chi connectivity index (χ2n) is 11.4. The lowest BCUT2D eigenvalue weighted by Crippen LogP contribution is -2.20. The first-order chi connectivity index (χ1) is 19.4. The van der Waals surface area contributed by atoms with Gasteiger partial charge in [0, 0.05) is 42.6 Å². The first-order valence-corrected chi connectivity index (χ1v) is 14.0. The van der Waals surface area contributed by atoms with Gasteiger partial charge in [0.2, 0.25) is 5.91 Å². The van der Waals surface area contributed by atoms with E-state index in [1.165, 1.54) is 31.9 Å². The number of amides is 2. The summed E-state index contributed by atoms with van der Waals surface area (Å²) < 4.78 is 13.8. The number of nitrogens with two attached hydrogens (primary N) is 1. The number of pyridine rings is 1. The fourth-order valence-corrected chi connectivity index (χ4v) is 6.54. The van der Waals surface area contributed by atoms with Gasteiger partial charge >= 0.3 is 0 Å². The Labute approximate surface area is 233 Å². The zero-order chi connectivity index (χ0) is 27.9. The molecule has 2 amide bonds. The molecule has 0 aliphatic heterocycles. The third kappa shape index (κ3) is 5.03. The molecule has 0 unspecified atom stereocenters. The highest BCUT2D eigenvalue weighted by Gasteiger charge is 2.47. The number of primary amides is 1. The maximum absolute atomic E-state index is 12.3. The Morgan fingerprint density at radius 1 is 1.10 bits per heavy atom. The Bertz CT molecular complexity index is 1430. The summed E-state index contributed by atoms with van der Waals surface area (Å²) in [5, 5.41) is 10.9. The fourth-order valence-electron chi connectivity index (χ4n) is 6.54. The van der Waals surface area contributed by atoms with Crippen LogP contribution in [0.4, 0.5) is 17.2 Å². The molecular formula is C30H36N6O4. The molecule has 2 aromatic heterocycles. The number of methoxy groups -OCH3 is 2. The van der Waals surface area contributed by atoms with E-state index in [2.05, 4.69) is 26.5 Å². The van der Waals surface area contributed by atoms with E-state index in [9.17, 15) is 9.59 Å². The van der Waals surface area contributed by atoms with Crippen molar-refractivity contribution in [2.45, 2.75) is 63.5 Å². The maximum atomic E-state index is 12.3. The zero-order valence-corrected chi connectivity index (χ0v) is 23.0. The largest absolute Gasteiger partial charge is 0.494 e. The second-order valence-corrected chi connectivity index (χ2v) is 11.4. The summed E-state index contributed by atoms with van der Waals surface area (Å²) in [6.45, 7) is 0. The van der Waals surface area contributed by atoms with Crippen molar-refractivity contribution in [3.8, 4) is 16.9 Å². The number of aromatic nitrogens is 3. The Balaban J connectivity index is 1.28. The number of benzene rings is 1. The van der Waals surface area contributed by atoms with E-state index in [0.717, 1.165) is 36.8 Å². The molecule has 3 aromatic rings. The standard InChI is InChI=1S/C30H36N6O4/c1-39-25-14-30(10-3-4-11-30)13-24(25)36-17-19(15-33-36)20-6-5-7-22(27(20)40-2)34-23-12-26(32-16-21(23)28(31)37)35-29(38)18-8-9-18/h5-7,12,15-18,24-25H,3-4,8-11,13-14H2,1-2H3,(H2,31,37)(H2,32,34,35,38)/t24-,25+/m0/s1. The van der Waals surface area contributed by atoms with E-state index in [0.29, 0.717) is 28.4 Å². The predicted octanol–water partition coefficient (Wildman–Crippen LogP) is 5.06. The Hall–Kier alpha value is -3.92. The van der Waals surface area contributed by atoms with Gasteiger partial charge in [-0.3, -0.25) is 14.3 Å². The number of para-hydroxylation sites is 1. The Morgan fingerprint density at radius 3 is 2.60 bits per heavy atom. The van der Waals surface area contributed by atoms with E-state index in [1.54, 1.807) is 20.3 Å². The summed E-state index contributed by atoms with van der Waals surface area (Å²) >= 11 is 0. The summed E-state index contributed by atoms with van der Waals surface area (Å²) in [5.74, 6) is 0.276. The quantitative estimate of drug-likeness (QED) is 0.343. The van der Waals surface area contributed by atoms with Gasteiger partial charge in [0.05, 0.1) is 42.4 Å². The van der Waals surface area contributed by atoms with Crippen molar-refractivity contribution in [1.29, 1.82) is 0 Å². The van der Waals surface area contributed by atoms with Gasteiger partial charge in [-0.15, -0.1) is 0 Å². The molecule has 3 aliphatic rings. The highest BCUT2D eigenvalue weighted by atomic mass is 16.5. The van der Waals surface area contributed by atoms with Crippen LogP contribution in [-0.2, 0) is 9.53 Å². The SMILES string of the molecule is COc1c(Nc2cc(NC(=O)C3CC3)ncc2C(N)=O)cccc1-c1cnn([C@H]2CC3(CCCC3)C[C@H]2OC)c1. The van der Waals surface area contributed by atoms with Gasteiger partial charge < -0.3 is 25.8 Å². The van der Waals surface area contributed by atoms with Crippen LogP contribution >= 0.6 is 0 Å². The molecule has 2 heterocycles. The lowest BCUT2D eigenvalue weighted by molar-refractivity contribution is -0.117. The minimum Gasteiger partial charge on any atom is -0.494 e. The van der Waals surface area contributed by atoms with Crippen molar-refractivity contribution in [3.63, 3.8) is 0 Å². The number of hydrogen-bond acceptors (Lipinski definition) is 7. The Kier molecular flexibility index (Phi) is 6.95. The van der Waals surface area contributed by atoms with Crippen molar-refractivity contribution in [3.05, 3.63) is 48.4 Å². The van der Waals surface area contributed by atoms with Crippen molar-refractivity contribution in [1.82, 2.24) is 14.8 Å². The second kappa shape index (κ2) is 10.6. The highest BCUT2D eigenvalue weighted by molar-refractivity contribution is 6.01. The first kappa shape index (κ1) is 26.3. The smallest absolute Gasteiger partial charge is 0.252 e. The average molecular weight is 545 g/mol. The van der Waals surface area contributed by atoms with E-state index < -0.39 is 5.91 Å². The molecule has 1 spiro atoms. The molecule has 0 bridgehead atoms. The molecule has 6 rings (SSSR count). The Morgan fingerprint density at radius 2 is 1.90 bits per heavy atom. The third-order valence-corrected chi connectivity index (χ3v) is 8.78. The van der Waals surface area contributed by atoms with Crippen LogP contribution in [0.25, 0.3) is 11.1 Å². The van der Waals surface area contributed by atoms with E-state index in [1.807, 2.05) is 24.4 Å². The minimum absolute atomic E-state index is 0.0267. The van der Waals surface area contributed by atoms with Gasteiger partial charge in [-0.05, 0) is 50.0 Å². The van der Waals surface area contributed by atoms with Crippen molar-refractivity contribution < 1.29 is 19.1 Å². The van der Waals surface area contributed by atoms with Gasteiger partial charge in [0.15, 0.2) is 0 Å². The van der Waals surface area contributed by atoms with Crippen molar-refractivity contribution in [2.24, 2.45) is 17.1 Å². The number of ether oxygens (including phenoxy) is 2. The monoisotopic (exact) mass is 544 g/mol. The number of carbonyl (C=O) groups is 2. The van der Waals surface area contributed by atoms with Gasteiger partial charge in [-0.1, -0.05) is 25.0 Å². The minimum atomic E-state index is -0.629. The molecule has 3 fully saturated rings. The lowest BCUT2D eigenvalue weighted by atomic mass is 9.84. The van der Waals surface area contributed by atoms with Crippen LogP contribution in [-0.4, -0.2) is 46.9 Å². The van der Waals surface area contributed by atoms with Crippen LogP contribution < -0.4 is 21.1 Å². The highest BCUT2D eigenvalue weighted by Crippen LogP contribution is 2.55. The molecule has 10 heteroatoms. The van der Waals surface area contributed by atoms with E-state index >= 15 is 0 Å². The summed E-state index contributed by atoms with van der Waals surface area (Å²) in [5.41, 5.74) is 9.07. The van der Waals surface area contributed by atoms with Crippen LogP contribution in [0, 0.1) is 11.3 Å². The molecule has 1 aromatic carbocycles. The zero-order valence-electron chi connectivity index (χ0n) is 23.0. The van der Waals surface area contributed by atoms with Crippen LogP contribution in [0.15, 0.2) is 42.9 Å². The first-order valence-electron chi connectivity index (χ1n) is 14.0. The molecule has 0 radical (unpaired) electrons. The number of hydrogen-bond donors (Lipinski definition) is 3.